The molecule has 0 amide bonds. The van der Waals surface area contributed by atoms with E-state index in [0.717, 1.165) is 15.9 Å². The van der Waals surface area contributed by atoms with Crippen LogP contribution in [0.5, 0.6) is 0 Å². The van der Waals surface area contributed by atoms with Crippen molar-refractivity contribution in [3.63, 3.8) is 0 Å². The molecule has 2 heterocycles. The van der Waals surface area contributed by atoms with E-state index < -0.39 is 5.97 Å². The van der Waals surface area contributed by atoms with E-state index in [1.165, 1.54) is 0 Å². The Balaban J connectivity index is 2.13. The maximum atomic E-state index is 10.4. The van der Waals surface area contributed by atoms with Gasteiger partial charge < -0.3 is 10.1 Å². The predicted molar refractivity (Wildman–Crippen MR) is 59.1 cm³/mol. The summed E-state index contributed by atoms with van der Waals surface area (Å²) in [4.78, 5) is 18.6. The first-order valence-corrected chi connectivity index (χ1v) is 5.52. The van der Waals surface area contributed by atoms with Gasteiger partial charge in [0, 0.05) is 28.4 Å². The summed E-state index contributed by atoms with van der Waals surface area (Å²) in [7, 11) is 0. The van der Waals surface area contributed by atoms with Gasteiger partial charge in [0.05, 0.1) is 6.42 Å². The van der Waals surface area contributed by atoms with Gasteiger partial charge in [-0.05, 0) is 12.1 Å². The number of fused-ring (bicyclic) bond motifs is 1. The topological polar surface area (TPSA) is 66.0 Å². The molecule has 0 unspecified atom stereocenters. The quantitative estimate of drug-likeness (QED) is 0.778. The highest BCUT2D eigenvalue weighted by atomic mass is 32.2. The lowest BCUT2D eigenvalue weighted by atomic mass is 10.3. The summed E-state index contributed by atoms with van der Waals surface area (Å²) in [6, 6.07) is 3.86. The summed E-state index contributed by atoms with van der Waals surface area (Å²) in [6.07, 6.45) is 3.74. The highest BCUT2D eigenvalue weighted by Gasteiger charge is 2.04. The van der Waals surface area contributed by atoms with Gasteiger partial charge in [-0.25, -0.2) is 4.98 Å². The summed E-state index contributed by atoms with van der Waals surface area (Å²) < 4.78 is 0. The number of rotatable bonds is 4. The molecule has 0 saturated heterocycles. The van der Waals surface area contributed by atoms with Gasteiger partial charge in [0.25, 0.3) is 0 Å². The van der Waals surface area contributed by atoms with Crippen molar-refractivity contribution in [1.29, 1.82) is 0 Å². The van der Waals surface area contributed by atoms with E-state index in [2.05, 4.69) is 9.97 Å². The number of carbonyl (C=O) groups is 1. The number of aromatic amines is 1. The molecule has 2 aromatic rings. The fraction of sp³-hybridized carbons (Fsp3) is 0.200. The van der Waals surface area contributed by atoms with Gasteiger partial charge in [0.1, 0.15) is 5.65 Å². The molecule has 0 spiro atoms. The molecule has 0 bridgehead atoms. The van der Waals surface area contributed by atoms with Crippen LogP contribution in [0.4, 0.5) is 0 Å². The first-order chi connectivity index (χ1) is 7.27. The summed E-state index contributed by atoms with van der Waals surface area (Å²) in [5.41, 5.74) is 0.843. The molecule has 2 aromatic heterocycles. The molecule has 78 valence electrons. The minimum absolute atomic E-state index is 0.179. The van der Waals surface area contributed by atoms with Crippen molar-refractivity contribution in [2.24, 2.45) is 0 Å². The highest BCUT2D eigenvalue weighted by molar-refractivity contribution is 7.99. The summed E-state index contributed by atoms with van der Waals surface area (Å²) in [5.74, 6) is -0.179. The first-order valence-electron chi connectivity index (χ1n) is 4.54. The van der Waals surface area contributed by atoms with Crippen LogP contribution in [0.2, 0.25) is 0 Å². The van der Waals surface area contributed by atoms with Gasteiger partial charge >= 0.3 is 5.97 Å². The van der Waals surface area contributed by atoms with Crippen molar-refractivity contribution in [3.8, 4) is 0 Å². The largest absolute Gasteiger partial charge is 0.481 e. The van der Waals surface area contributed by atoms with Crippen molar-refractivity contribution >= 4 is 28.8 Å². The van der Waals surface area contributed by atoms with Crippen molar-refractivity contribution < 1.29 is 9.90 Å². The van der Waals surface area contributed by atoms with Crippen molar-refractivity contribution in [2.45, 2.75) is 11.3 Å². The average molecular weight is 222 g/mol. The molecule has 2 N–H and O–H groups in total. The molecular formula is C10H10N2O2S. The van der Waals surface area contributed by atoms with Crippen LogP contribution < -0.4 is 0 Å². The van der Waals surface area contributed by atoms with E-state index in [1.54, 1.807) is 18.0 Å². The van der Waals surface area contributed by atoms with Gasteiger partial charge in [-0.1, -0.05) is 0 Å². The monoisotopic (exact) mass is 222 g/mol. The van der Waals surface area contributed by atoms with Crippen molar-refractivity contribution in [2.75, 3.05) is 5.75 Å². The van der Waals surface area contributed by atoms with Gasteiger partial charge in [-0.15, -0.1) is 11.8 Å². The molecule has 0 saturated carbocycles. The normalized spacial score (nSPS) is 10.7. The third-order valence-corrected chi connectivity index (χ3v) is 3.07. The Bertz CT molecular complexity index is 481. The fourth-order valence-electron chi connectivity index (χ4n) is 1.31. The number of hydrogen-bond donors (Lipinski definition) is 2. The smallest absolute Gasteiger partial charge is 0.304 e. The van der Waals surface area contributed by atoms with E-state index in [4.69, 9.17) is 5.11 Å². The number of nitrogens with zero attached hydrogens (tertiary/aromatic N) is 1. The van der Waals surface area contributed by atoms with Crippen LogP contribution in [0, 0.1) is 0 Å². The number of H-pyrrole nitrogens is 1. The second-order valence-electron chi connectivity index (χ2n) is 3.04. The lowest BCUT2D eigenvalue weighted by molar-refractivity contribution is -0.136. The number of pyridine rings is 1. The van der Waals surface area contributed by atoms with Crippen LogP contribution in [0.1, 0.15) is 6.42 Å². The van der Waals surface area contributed by atoms with E-state index in [1.807, 2.05) is 18.3 Å². The molecule has 2 rings (SSSR count). The van der Waals surface area contributed by atoms with Gasteiger partial charge in [-0.2, -0.15) is 0 Å². The molecule has 5 heteroatoms. The Morgan fingerprint density at radius 2 is 2.40 bits per heavy atom. The molecule has 0 fully saturated rings. The molecule has 0 radical (unpaired) electrons. The number of aliphatic carboxylic acids is 1. The minimum Gasteiger partial charge on any atom is -0.481 e. The molecule has 15 heavy (non-hydrogen) atoms. The maximum absolute atomic E-state index is 10.4. The first kappa shape index (κ1) is 10.0. The minimum atomic E-state index is -0.762. The SMILES string of the molecule is O=C(O)CCSc1ccnc2[nH]ccc12. The molecular weight excluding hydrogens is 212 g/mol. The molecule has 0 aromatic carbocycles. The standard InChI is InChI=1S/C10H10N2O2S/c13-9(14)3-6-15-8-2-5-12-10-7(8)1-4-11-10/h1-2,4-5H,3,6H2,(H,11,12)(H,13,14). The second kappa shape index (κ2) is 4.35. The zero-order chi connectivity index (χ0) is 10.7. The zero-order valence-corrected chi connectivity index (χ0v) is 8.75. The second-order valence-corrected chi connectivity index (χ2v) is 4.18. The Labute approximate surface area is 90.7 Å². The van der Waals surface area contributed by atoms with E-state index in [9.17, 15) is 4.79 Å². The number of nitrogens with one attached hydrogen (secondary N) is 1. The van der Waals surface area contributed by atoms with Crippen LogP contribution in [0.15, 0.2) is 29.4 Å². The average Bonchev–Trinajstić information content (AvgIpc) is 2.65. The Hall–Kier alpha value is -1.49. The number of carboxylic acids is 1. The number of carboxylic acid groups (broad SMARTS) is 1. The number of thioether (sulfide) groups is 1. The van der Waals surface area contributed by atoms with Gasteiger partial charge in [0.15, 0.2) is 0 Å². The summed E-state index contributed by atoms with van der Waals surface area (Å²) in [5, 5.41) is 9.58. The Morgan fingerprint density at radius 1 is 1.53 bits per heavy atom. The molecule has 0 aliphatic carbocycles. The van der Waals surface area contributed by atoms with Crippen LogP contribution in [-0.2, 0) is 4.79 Å². The zero-order valence-electron chi connectivity index (χ0n) is 7.93. The van der Waals surface area contributed by atoms with E-state index in [0.29, 0.717) is 5.75 Å². The third-order valence-electron chi connectivity index (χ3n) is 1.99. The Morgan fingerprint density at radius 3 is 3.20 bits per heavy atom. The number of hydrogen-bond acceptors (Lipinski definition) is 3. The number of aromatic nitrogens is 2. The van der Waals surface area contributed by atoms with E-state index >= 15 is 0 Å². The molecule has 4 nitrogen and oxygen atoms in total. The van der Waals surface area contributed by atoms with Crippen LogP contribution in [0.25, 0.3) is 11.0 Å². The van der Waals surface area contributed by atoms with Crippen molar-refractivity contribution in [1.82, 2.24) is 9.97 Å². The van der Waals surface area contributed by atoms with E-state index in [-0.39, 0.29) is 6.42 Å². The van der Waals surface area contributed by atoms with Crippen LogP contribution in [0.3, 0.4) is 0 Å². The summed E-state index contributed by atoms with van der Waals surface area (Å²) in [6.45, 7) is 0. The highest BCUT2D eigenvalue weighted by Crippen LogP contribution is 2.26. The lowest BCUT2D eigenvalue weighted by Gasteiger charge is -2.00. The van der Waals surface area contributed by atoms with Crippen LogP contribution >= 0.6 is 11.8 Å². The molecule has 0 atom stereocenters. The molecule has 0 aliphatic heterocycles. The fourth-order valence-corrected chi connectivity index (χ4v) is 2.28. The predicted octanol–water partition coefficient (Wildman–Crippen LogP) is 2.13. The van der Waals surface area contributed by atoms with Crippen molar-refractivity contribution in [3.05, 3.63) is 24.5 Å². The molecule has 0 aliphatic rings. The third kappa shape index (κ3) is 2.30. The maximum Gasteiger partial charge on any atom is 0.304 e. The lowest BCUT2D eigenvalue weighted by Crippen LogP contribution is -1.95. The summed E-state index contributed by atoms with van der Waals surface area (Å²) >= 11 is 1.54. The van der Waals surface area contributed by atoms with Gasteiger partial charge in [0.2, 0.25) is 0 Å². The Kier molecular flexibility index (Phi) is 2.91. The van der Waals surface area contributed by atoms with Gasteiger partial charge in [-0.3, -0.25) is 4.79 Å². The van der Waals surface area contributed by atoms with Crippen LogP contribution in [-0.4, -0.2) is 26.8 Å².